The molecule has 10 heteroatoms. The standard InChI is InChI=1S/C21H29N5O5/c1-12(2)7-16(22)19(28)25-17(8-13-3-5-15(27)6-4-13)20(29)26-18(21(30)31)9-14-10-23-11-24-14/h3-6,10-12,16-18,27H,7-9,22H2,1-2H3,(H,23,24)(H,25,28)(H,26,29)(H,30,31)/t16-,17-,18-/m0/s1. The lowest BCUT2D eigenvalue weighted by atomic mass is 10.0. The number of carbonyl (C=O) groups is 3. The first-order valence-electron chi connectivity index (χ1n) is 10.00. The third kappa shape index (κ3) is 7.74. The van der Waals surface area contributed by atoms with Gasteiger partial charge in [-0.2, -0.15) is 0 Å². The molecule has 0 aliphatic carbocycles. The van der Waals surface area contributed by atoms with Gasteiger partial charge < -0.3 is 31.6 Å². The van der Waals surface area contributed by atoms with Crippen molar-refractivity contribution in [1.82, 2.24) is 20.6 Å². The van der Waals surface area contributed by atoms with Crippen molar-refractivity contribution >= 4 is 17.8 Å². The number of rotatable bonds is 11. The molecule has 1 aromatic heterocycles. The second-order valence-electron chi connectivity index (χ2n) is 7.85. The lowest BCUT2D eigenvalue weighted by Crippen LogP contribution is -2.55. The second kappa shape index (κ2) is 11.1. The maximum atomic E-state index is 12.9. The van der Waals surface area contributed by atoms with Crippen LogP contribution in [-0.2, 0) is 27.2 Å². The number of nitrogens with zero attached hydrogens (tertiary/aromatic N) is 1. The number of hydrogen-bond acceptors (Lipinski definition) is 6. The monoisotopic (exact) mass is 431 g/mol. The van der Waals surface area contributed by atoms with Crippen molar-refractivity contribution in [3.8, 4) is 5.75 Å². The number of H-pyrrole nitrogens is 1. The lowest BCUT2D eigenvalue weighted by molar-refractivity contribution is -0.142. The number of hydrogen-bond donors (Lipinski definition) is 6. The molecule has 0 saturated heterocycles. The molecule has 0 bridgehead atoms. The molecule has 31 heavy (non-hydrogen) atoms. The first kappa shape index (κ1) is 23.9. The van der Waals surface area contributed by atoms with E-state index in [2.05, 4.69) is 20.6 Å². The van der Waals surface area contributed by atoms with E-state index in [-0.39, 0.29) is 24.5 Å². The molecule has 7 N–H and O–H groups in total. The molecule has 0 fully saturated rings. The van der Waals surface area contributed by atoms with E-state index in [1.807, 2.05) is 13.8 Å². The Hall–Kier alpha value is -3.40. The van der Waals surface area contributed by atoms with Crippen LogP contribution in [0.5, 0.6) is 5.75 Å². The van der Waals surface area contributed by atoms with E-state index < -0.39 is 35.9 Å². The van der Waals surface area contributed by atoms with Gasteiger partial charge in [0, 0.05) is 24.7 Å². The van der Waals surface area contributed by atoms with Crippen molar-refractivity contribution in [1.29, 1.82) is 0 Å². The van der Waals surface area contributed by atoms with E-state index in [4.69, 9.17) is 5.73 Å². The van der Waals surface area contributed by atoms with E-state index in [9.17, 15) is 24.6 Å². The Labute approximate surface area is 180 Å². The van der Waals surface area contributed by atoms with E-state index >= 15 is 0 Å². The number of carboxylic acid groups (broad SMARTS) is 1. The van der Waals surface area contributed by atoms with Crippen molar-refractivity contribution in [2.24, 2.45) is 11.7 Å². The fourth-order valence-corrected chi connectivity index (χ4v) is 3.06. The number of aromatic nitrogens is 2. The summed E-state index contributed by atoms with van der Waals surface area (Å²) in [6.45, 7) is 3.86. The van der Waals surface area contributed by atoms with Crippen LogP contribution in [0.4, 0.5) is 0 Å². The Morgan fingerprint density at radius 1 is 1.06 bits per heavy atom. The number of carbonyl (C=O) groups excluding carboxylic acids is 2. The van der Waals surface area contributed by atoms with Gasteiger partial charge in [0.2, 0.25) is 11.8 Å². The highest BCUT2D eigenvalue weighted by Crippen LogP contribution is 2.12. The average molecular weight is 431 g/mol. The van der Waals surface area contributed by atoms with Gasteiger partial charge in [-0.3, -0.25) is 9.59 Å². The highest BCUT2D eigenvalue weighted by Gasteiger charge is 2.28. The molecule has 0 saturated carbocycles. The third-order valence-electron chi connectivity index (χ3n) is 4.66. The second-order valence-corrected chi connectivity index (χ2v) is 7.85. The summed E-state index contributed by atoms with van der Waals surface area (Å²) in [7, 11) is 0. The molecular formula is C21H29N5O5. The fraction of sp³-hybridized carbons (Fsp3) is 0.429. The first-order chi connectivity index (χ1) is 14.7. The molecule has 0 radical (unpaired) electrons. The maximum absolute atomic E-state index is 12.9. The molecule has 0 unspecified atom stereocenters. The van der Waals surface area contributed by atoms with Gasteiger partial charge in [-0.15, -0.1) is 0 Å². The molecule has 1 aromatic carbocycles. The van der Waals surface area contributed by atoms with Gasteiger partial charge in [-0.1, -0.05) is 26.0 Å². The maximum Gasteiger partial charge on any atom is 0.326 e. The van der Waals surface area contributed by atoms with Crippen LogP contribution < -0.4 is 16.4 Å². The highest BCUT2D eigenvalue weighted by atomic mass is 16.4. The number of aromatic amines is 1. The minimum Gasteiger partial charge on any atom is -0.508 e. The van der Waals surface area contributed by atoms with Crippen molar-refractivity contribution in [3.05, 3.63) is 48.0 Å². The number of imidazole rings is 1. The van der Waals surface area contributed by atoms with Gasteiger partial charge in [0.15, 0.2) is 0 Å². The summed E-state index contributed by atoms with van der Waals surface area (Å²) in [6.07, 6.45) is 3.44. The Kier molecular flexibility index (Phi) is 8.56. The summed E-state index contributed by atoms with van der Waals surface area (Å²) >= 11 is 0. The number of nitrogens with two attached hydrogens (primary N) is 1. The first-order valence-corrected chi connectivity index (χ1v) is 10.00. The summed E-state index contributed by atoms with van der Waals surface area (Å²) in [5.41, 5.74) is 7.16. The van der Waals surface area contributed by atoms with E-state index in [1.54, 1.807) is 12.1 Å². The number of phenols is 1. The fourth-order valence-electron chi connectivity index (χ4n) is 3.06. The molecule has 0 aliphatic rings. The van der Waals surface area contributed by atoms with Gasteiger partial charge in [0.25, 0.3) is 0 Å². The largest absolute Gasteiger partial charge is 0.508 e. The van der Waals surface area contributed by atoms with Gasteiger partial charge >= 0.3 is 5.97 Å². The summed E-state index contributed by atoms with van der Waals surface area (Å²) < 4.78 is 0. The van der Waals surface area contributed by atoms with Crippen LogP contribution in [0.15, 0.2) is 36.8 Å². The Morgan fingerprint density at radius 3 is 2.26 bits per heavy atom. The average Bonchev–Trinajstić information content (AvgIpc) is 3.21. The SMILES string of the molecule is CC(C)C[C@H](N)C(=O)N[C@@H](Cc1ccc(O)cc1)C(=O)N[C@@H](Cc1cnc[nH]1)C(=O)O. The molecule has 0 aliphatic heterocycles. The zero-order valence-corrected chi connectivity index (χ0v) is 17.5. The van der Waals surface area contributed by atoms with Crippen molar-refractivity contribution in [2.45, 2.75) is 51.2 Å². The normalized spacial score (nSPS) is 13.9. The molecule has 168 valence electrons. The molecule has 2 aromatic rings. The van der Waals surface area contributed by atoms with Gasteiger partial charge in [0.1, 0.15) is 17.8 Å². The third-order valence-corrected chi connectivity index (χ3v) is 4.66. The van der Waals surface area contributed by atoms with Crippen LogP contribution in [0.2, 0.25) is 0 Å². The summed E-state index contributed by atoms with van der Waals surface area (Å²) in [6, 6.07) is 3.12. The van der Waals surface area contributed by atoms with Crippen molar-refractivity contribution in [3.63, 3.8) is 0 Å². The van der Waals surface area contributed by atoms with Crippen molar-refractivity contribution < 1.29 is 24.6 Å². The topological polar surface area (TPSA) is 170 Å². The number of carboxylic acids is 1. The molecule has 2 rings (SSSR count). The molecule has 10 nitrogen and oxygen atoms in total. The van der Waals surface area contributed by atoms with E-state index in [0.29, 0.717) is 17.7 Å². The highest BCUT2D eigenvalue weighted by molar-refractivity contribution is 5.92. The number of benzene rings is 1. The van der Waals surface area contributed by atoms with Crippen LogP contribution in [-0.4, -0.2) is 56.1 Å². The van der Waals surface area contributed by atoms with Gasteiger partial charge in [-0.25, -0.2) is 9.78 Å². The smallest absolute Gasteiger partial charge is 0.326 e. The van der Waals surface area contributed by atoms with Crippen LogP contribution in [0.3, 0.4) is 0 Å². The predicted octanol–water partition coefficient (Wildman–Crippen LogP) is 0.328. The number of nitrogens with one attached hydrogen (secondary N) is 3. The summed E-state index contributed by atoms with van der Waals surface area (Å²) in [5.74, 6) is -2.10. The molecule has 2 amide bonds. The van der Waals surface area contributed by atoms with Gasteiger partial charge in [-0.05, 0) is 30.0 Å². The number of phenolic OH excluding ortho intramolecular Hbond substituents is 1. The summed E-state index contributed by atoms with van der Waals surface area (Å²) in [4.78, 5) is 43.7. The summed E-state index contributed by atoms with van der Waals surface area (Å²) in [5, 5.41) is 24.1. The Morgan fingerprint density at radius 2 is 1.71 bits per heavy atom. The van der Waals surface area contributed by atoms with E-state index in [0.717, 1.165) is 0 Å². The minimum atomic E-state index is -1.21. The molecule has 3 atom stereocenters. The minimum absolute atomic E-state index is 0.00775. The number of amides is 2. The molecular weight excluding hydrogens is 402 g/mol. The molecule has 0 spiro atoms. The number of aliphatic carboxylic acids is 1. The van der Waals surface area contributed by atoms with Gasteiger partial charge in [0.05, 0.1) is 12.4 Å². The predicted molar refractivity (Wildman–Crippen MR) is 113 cm³/mol. The number of aromatic hydroxyl groups is 1. The van der Waals surface area contributed by atoms with Crippen molar-refractivity contribution in [2.75, 3.05) is 0 Å². The van der Waals surface area contributed by atoms with Crippen LogP contribution in [0.1, 0.15) is 31.5 Å². The molecule has 1 heterocycles. The Bertz CT molecular complexity index is 867. The van der Waals surface area contributed by atoms with Crippen LogP contribution >= 0.6 is 0 Å². The Balaban J connectivity index is 2.16. The van der Waals surface area contributed by atoms with E-state index in [1.165, 1.54) is 24.7 Å². The van der Waals surface area contributed by atoms with Crippen LogP contribution in [0, 0.1) is 5.92 Å². The lowest BCUT2D eigenvalue weighted by Gasteiger charge is -2.23. The zero-order valence-electron chi connectivity index (χ0n) is 17.5. The quantitative estimate of drug-likeness (QED) is 0.298. The van der Waals surface area contributed by atoms with Crippen LogP contribution in [0.25, 0.3) is 0 Å². The zero-order chi connectivity index (χ0) is 23.0.